The predicted octanol–water partition coefficient (Wildman–Crippen LogP) is 2.26. The molecule has 11 nitrogen and oxygen atoms in total. The standard InChI is InChI=1S/C28H43N5O6/c1-27(2,3)26-30-16-22(24(31-26)29-8-5-11-37-4)23(35)15-20-14-21(18-32(17-20)19-34)25(36)33-9-6-28(7-10-33)38-12-13-39-28/h16,19-21H,5-15,17-18H2,1-4H3,(H,29,30,31). The molecule has 4 heterocycles. The van der Waals surface area contributed by atoms with Gasteiger partial charge in [0.25, 0.3) is 0 Å². The number of methoxy groups -OCH3 is 1. The number of carbonyl (C=O) groups excluding carboxylic acids is 3. The van der Waals surface area contributed by atoms with E-state index in [-0.39, 0.29) is 35.4 Å². The minimum Gasteiger partial charge on any atom is -0.385 e. The number of ether oxygens (including phenoxy) is 3. The monoisotopic (exact) mass is 545 g/mol. The van der Waals surface area contributed by atoms with Crippen molar-refractivity contribution in [2.75, 3.05) is 65.0 Å². The third-order valence-corrected chi connectivity index (χ3v) is 7.77. The average molecular weight is 546 g/mol. The molecule has 3 aliphatic rings. The Labute approximate surface area is 231 Å². The first-order chi connectivity index (χ1) is 18.6. The van der Waals surface area contributed by atoms with Crippen molar-refractivity contribution in [3.63, 3.8) is 0 Å². The van der Waals surface area contributed by atoms with Crippen LogP contribution in [0.1, 0.15) is 69.1 Å². The Bertz CT molecular complexity index is 1010. The Morgan fingerprint density at radius 1 is 1.21 bits per heavy atom. The van der Waals surface area contributed by atoms with E-state index in [4.69, 9.17) is 14.2 Å². The van der Waals surface area contributed by atoms with E-state index in [9.17, 15) is 14.4 Å². The van der Waals surface area contributed by atoms with E-state index >= 15 is 0 Å². The second-order valence-electron chi connectivity index (χ2n) is 11.9. The normalized spacial score (nSPS) is 23.2. The van der Waals surface area contributed by atoms with Gasteiger partial charge in [0.1, 0.15) is 11.6 Å². The zero-order valence-electron chi connectivity index (χ0n) is 23.7. The van der Waals surface area contributed by atoms with Gasteiger partial charge < -0.3 is 29.3 Å². The number of Topliss-reactive ketones (excluding diaryl/α,β-unsaturated/α-hetero) is 1. The van der Waals surface area contributed by atoms with E-state index in [1.807, 2.05) is 25.7 Å². The van der Waals surface area contributed by atoms with Gasteiger partial charge in [0.2, 0.25) is 12.3 Å². The molecular weight excluding hydrogens is 502 g/mol. The first-order valence-electron chi connectivity index (χ1n) is 14.0. The lowest BCUT2D eigenvalue weighted by atomic mass is 9.84. The van der Waals surface area contributed by atoms with Gasteiger partial charge in [0.15, 0.2) is 11.6 Å². The molecule has 1 spiro atoms. The first-order valence-corrected chi connectivity index (χ1v) is 14.0. The third-order valence-electron chi connectivity index (χ3n) is 7.77. The lowest BCUT2D eigenvalue weighted by Crippen LogP contribution is -2.52. The maximum absolute atomic E-state index is 13.5. The second-order valence-corrected chi connectivity index (χ2v) is 11.9. The van der Waals surface area contributed by atoms with E-state index in [1.54, 1.807) is 18.2 Å². The van der Waals surface area contributed by atoms with Gasteiger partial charge in [0.05, 0.1) is 24.7 Å². The summed E-state index contributed by atoms with van der Waals surface area (Å²) in [7, 11) is 1.66. The van der Waals surface area contributed by atoms with Crippen molar-refractivity contribution in [3.8, 4) is 0 Å². The summed E-state index contributed by atoms with van der Waals surface area (Å²) in [5, 5.41) is 3.29. The number of anilines is 1. The largest absolute Gasteiger partial charge is 0.385 e. The molecule has 0 radical (unpaired) electrons. The van der Waals surface area contributed by atoms with Crippen LogP contribution in [-0.2, 0) is 29.2 Å². The highest BCUT2D eigenvalue weighted by Gasteiger charge is 2.43. The van der Waals surface area contributed by atoms with E-state index < -0.39 is 5.79 Å². The molecule has 2 atom stereocenters. The third kappa shape index (κ3) is 7.32. The highest BCUT2D eigenvalue weighted by molar-refractivity contribution is 6.00. The van der Waals surface area contributed by atoms with Crippen LogP contribution in [0.2, 0.25) is 0 Å². The van der Waals surface area contributed by atoms with Gasteiger partial charge in [0, 0.05) is 77.3 Å². The molecule has 0 aliphatic carbocycles. The van der Waals surface area contributed by atoms with Crippen LogP contribution in [0.25, 0.3) is 0 Å². The number of nitrogens with zero attached hydrogens (tertiary/aromatic N) is 4. The van der Waals surface area contributed by atoms with Gasteiger partial charge in [-0.25, -0.2) is 9.97 Å². The van der Waals surface area contributed by atoms with E-state index in [2.05, 4.69) is 15.3 Å². The summed E-state index contributed by atoms with van der Waals surface area (Å²) >= 11 is 0. The van der Waals surface area contributed by atoms with Crippen LogP contribution in [0.3, 0.4) is 0 Å². The van der Waals surface area contributed by atoms with Gasteiger partial charge in [-0.05, 0) is 18.8 Å². The maximum atomic E-state index is 13.5. The maximum Gasteiger partial charge on any atom is 0.227 e. The van der Waals surface area contributed by atoms with Crippen LogP contribution in [0.4, 0.5) is 5.82 Å². The Kier molecular flexibility index (Phi) is 9.56. The fraction of sp³-hybridized carbons (Fsp3) is 0.750. The molecule has 4 rings (SSSR count). The quantitative estimate of drug-likeness (QED) is 0.268. The lowest BCUT2D eigenvalue weighted by Gasteiger charge is -2.41. The smallest absolute Gasteiger partial charge is 0.227 e. The number of amides is 2. The minimum atomic E-state index is -0.549. The van der Waals surface area contributed by atoms with Crippen molar-refractivity contribution in [3.05, 3.63) is 17.6 Å². The predicted molar refractivity (Wildman–Crippen MR) is 144 cm³/mol. The van der Waals surface area contributed by atoms with Crippen molar-refractivity contribution in [2.45, 2.75) is 64.1 Å². The number of nitrogens with one attached hydrogen (secondary N) is 1. The van der Waals surface area contributed by atoms with Crippen LogP contribution in [-0.4, -0.2) is 103 Å². The zero-order valence-corrected chi connectivity index (χ0v) is 23.7. The highest BCUT2D eigenvalue weighted by atomic mass is 16.7. The number of piperidine rings is 2. The fourth-order valence-electron chi connectivity index (χ4n) is 5.64. The molecule has 2 amide bonds. The molecule has 3 aliphatic heterocycles. The summed E-state index contributed by atoms with van der Waals surface area (Å²) in [5.41, 5.74) is 0.167. The number of hydrogen-bond donors (Lipinski definition) is 1. The van der Waals surface area contributed by atoms with Gasteiger partial charge in [-0.3, -0.25) is 14.4 Å². The zero-order chi connectivity index (χ0) is 28.0. The fourth-order valence-corrected chi connectivity index (χ4v) is 5.64. The molecule has 1 aromatic rings. The Balaban J connectivity index is 1.42. The molecular formula is C28H43N5O6. The van der Waals surface area contributed by atoms with Crippen LogP contribution < -0.4 is 5.32 Å². The van der Waals surface area contributed by atoms with Crippen LogP contribution in [0.15, 0.2) is 6.20 Å². The summed E-state index contributed by atoms with van der Waals surface area (Å²) in [6, 6.07) is 0. The van der Waals surface area contributed by atoms with Gasteiger partial charge in [-0.1, -0.05) is 20.8 Å². The summed E-state index contributed by atoms with van der Waals surface area (Å²) in [6.07, 6.45) is 5.23. The molecule has 216 valence electrons. The van der Waals surface area contributed by atoms with Crippen molar-refractivity contribution in [1.82, 2.24) is 19.8 Å². The Morgan fingerprint density at radius 2 is 1.92 bits per heavy atom. The van der Waals surface area contributed by atoms with E-state index in [0.29, 0.717) is 89.0 Å². The van der Waals surface area contributed by atoms with Gasteiger partial charge in [-0.15, -0.1) is 0 Å². The highest BCUT2D eigenvalue weighted by Crippen LogP contribution is 2.34. The van der Waals surface area contributed by atoms with Crippen LogP contribution in [0, 0.1) is 11.8 Å². The van der Waals surface area contributed by atoms with Gasteiger partial charge in [-0.2, -0.15) is 0 Å². The Hall–Kier alpha value is -2.63. The number of aromatic nitrogens is 2. The number of carbonyl (C=O) groups is 3. The molecule has 3 saturated heterocycles. The summed E-state index contributed by atoms with van der Waals surface area (Å²) in [5.74, 6) is 0.0895. The molecule has 3 fully saturated rings. The van der Waals surface area contributed by atoms with Gasteiger partial charge >= 0.3 is 0 Å². The summed E-state index contributed by atoms with van der Waals surface area (Å²) in [4.78, 5) is 51.4. The Morgan fingerprint density at radius 3 is 2.56 bits per heavy atom. The minimum absolute atomic E-state index is 0.0326. The topological polar surface area (TPSA) is 123 Å². The summed E-state index contributed by atoms with van der Waals surface area (Å²) < 4.78 is 16.7. The number of rotatable bonds is 10. The molecule has 2 unspecified atom stereocenters. The van der Waals surface area contributed by atoms with Crippen molar-refractivity contribution in [2.24, 2.45) is 11.8 Å². The molecule has 1 N–H and O–H groups in total. The number of ketones is 1. The second kappa shape index (κ2) is 12.7. The first kappa shape index (κ1) is 29.4. The molecule has 0 aromatic carbocycles. The number of hydrogen-bond acceptors (Lipinski definition) is 9. The lowest BCUT2D eigenvalue weighted by molar-refractivity contribution is -0.188. The van der Waals surface area contributed by atoms with Crippen LogP contribution >= 0.6 is 0 Å². The molecule has 11 heteroatoms. The van der Waals surface area contributed by atoms with Crippen molar-refractivity contribution in [1.29, 1.82) is 0 Å². The SMILES string of the molecule is COCCCNc1nc(C(C)(C)C)ncc1C(=O)CC1CC(C(=O)N2CCC3(CC2)OCCO3)CN(C=O)C1. The number of likely N-dealkylation sites (tertiary alicyclic amines) is 2. The average Bonchev–Trinajstić information content (AvgIpc) is 3.38. The van der Waals surface area contributed by atoms with Crippen molar-refractivity contribution < 1.29 is 28.6 Å². The van der Waals surface area contributed by atoms with Crippen LogP contribution in [0.5, 0.6) is 0 Å². The molecule has 39 heavy (non-hydrogen) atoms. The van der Waals surface area contributed by atoms with Crippen molar-refractivity contribution >= 4 is 23.9 Å². The van der Waals surface area contributed by atoms with E-state index in [0.717, 1.165) is 12.8 Å². The molecule has 1 aromatic heterocycles. The molecule has 0 bridgehead atoms. The molecule has 0 saturated carbocycles. The van der Waals surface area contributed by atoms with E-state index in [1.165, 1.54) is 0 Å². The summed E-state index contributed by atoms with van der Waals surface area (Å²) in [6.45, 7) is 10.4.